The van der Waals surface area contributed by atoms with Crippen molar-refractivity contribution in [2.45, 2.75) is 13.8 Å². The Morgan fingerprint density at radius 1 is 1.12 bits per heavy atom. The van der Waals surface area contributed by atoms with Gasteiger partial charge in [-0.2, -0.15) is 0 Å². The first-order valence-corrected chi connectivity index (χ1v) is 8.46. The highest BCUT2D eigenvalue weighted by atomic mass is 19.1. The lowest BCUT2D eigenvalue weighted by Gasteiger charge is -2.19. The number of benzene rings is 2. The van der Waals surface area contributed by atoms with Crippen molar-refractivity contribution in [1.82, 2.24) is 9.88 Å². The summed E-state index contributed by atoms with van der Waals surface area (Å²) in [4.78, 5) is 18.7. The molecule has 1 heterocycles. The molecule has 1 aromatic heterocycles. The summed E-state index contributed by atoms with van der Waals surface area (Å²) in [6.45, 7) is 4.63. The lowest BCUT2D eigenvalue weighted by atomic mass is 10.1. The van der Waals surface area contributed by atoms with Gasteiger partial charge in [-0.1, -0.05) is 17.7 Å². The van der Waals surface area contributed by atoms with Crippen LogP contribution in [0, 0.1) is 19.7 Å². The molecule has 134 valence electrons. The Balaban J connectivity index is 1.67. The number of nitrogens with zero attached hydrogens (tertiary/aromatic N) is 2. The fraction of sp³-hybridized carbons (Fsp3) is 0.238. The molecule has 0 aliphatic heterocycles. The van der Waals surface area contributed by atoms with Gasteiger partial charge in [0.05, 0.1) is 23.3 Å². The molecule has 0 aliphatic rings. The molecule has 0 saturated carbocycles. The smallest absolute Gasteiger partial charge is 0.255 e. The second-order valence-electron chi connectivity index (χ2n) is 6.35. The number of fused-ring (bicyclic) bond motifs is 1. The summed E-state index contributed by atoms with van der Waals surface area (Å²) in [5.74, 6) is 0.310. The molecule has 0 fully saturated rings. The third-order valence-corrected chi connectivity index (χ3v) is 4.26. The van der Waals surface area contributed by atoms with Crippen LogP contribution in [-0.2, 0) is 0 Å². The van der Waals surface area contributed by atoms with Gasteiger partial charge in [0.2, 0.25) is 0 Å². The van der Waals surface area contributed by atoms with E-state index in [9.17, 15) is 9.18 Å². The molecule has 3 aromatic rings. The molecule has 0 saturated heterocycles. The number of hydrogen-bond donors (Lipinski definition) is 0. The van der Waals surface area contributed by atoms with Gasteiger partial charge in [0.25, 0.3) is 5.91 Å². The van der Waals surface area contributed by atoms with Crippen LogP contribution < -0.4 is 4.74 Å². The van der Waals surface area contributed by atoms with Crippen molar-refractivity contribution in [2.24, 2.45) is 0 Å². The third kappa shape index (κ3) is 3.99. The number of amides is 1. The monoisotopic (exact) mass is 352 g/mol. The highest BCUT2D eigenvalue weighted by Crippen LogP contribution is 2.19. The minimum Gasteiger partial charge on any atom is -0.492 e. The summed E-state index contributed by atoms with van der Waals surface area (Å²) in [6, 6.07) is 13.9. The number of rotatable bonds is 5. The van der Waals surface area contributed by atoms with Gasteiger partial charge in [0.1, 0.15) is 18.2 Å². The first-order chi connectivity index (χ1) is 12.4. The molecule has 0 aliphatic carbocycles. The van der Waals surface area contributed by atoms with Gasteiger partial charge in [-0.05, 0) is 44.2 Å². The van der Waals surface area contributed by atoms with Crippen LogP contribution in [0.4, 0.5) is 4.39 Å². The molecule has 0 unspecified atom stereocenters. The number of ether oxygens (including phenoxy) is 1. The van der Waals surface area contributed by atoms with Crippen LogP contribution in [0.25, 0.3) is 10.9 Å². The lowest BCUT2D eigenvalue weighted by Crippen LogP contribution is -2.31. The molecule has 0 spiro atoms. The van der Waals surface area contributed by atoms with Gasteiger partial charge in [-0.15, -0.1) is 0 Å². The Morgan fingerprint density at radius 2 is 1.85 bits per heavy atom. The molecule has 26 heavy (non-hydrogen) atoms. The molecule has 0 radical (unpaired) electrons. The van der Waals surface area contributed by atoms with Crippen molar-refractivity contribution in [1.29, 1.82) is 0 Å². The van der Waals surface area contributed by atoms with Crippen molar-refractivity contribution in [2.75, 3.05) is 20.2 Å². The van der Waals surface area contributed by atoms with E-state index in [-0.39, 0.29) is 11.7 Å². The number of likely N-dealkylation sites (N-methyl/N-ethyl adjacent to an activating group) is 1. The van der Waals surface area contributed by atoms with E-state index in [2.05, 4.69) is 4.98 Å². The molecule has 3 rings (SSSR count). The number of hydrogen-bond acceptors (Lipinski definition) is 3. The van der Waals surface area contributed by atoms with Gasteiger partial charge in [-0.25, -0.2) is 4.39 Å². The van der Waals surface area contributed by atoms with E-state index in [1.165, 1.54) is 17.7 Å². The minimum atomic E-state index is -0.339. The SMILES string of the molecule is Cc1ccc(OCCN(C)C(=O)c2cc3ccc(F)cc3nc2C)cc1. The Morgan fingerprint density at radius 3 is 2.58 bits per heavy atom. The molecule has 0 bridgehead atoms. The van der Waals surface area contributed by atoms with E-state index >= 15 is 0 Å². The molecule has 5 heteroatoms. The zero-order valence-corrected chi connectivity index (χ0v) is 15.1. The molecule has 2 aromatic carbocycles. The highest BCUT2D eigenvalue weighted by molar-refractivity contribution is 5.98. The number of halogens is 1. The van der Waals surface area contributed by atoms with Crippen LogP contribution in [0.2, 0.25) is 0 Å². The maximum atomic E-state index is 13.3. The number of aryl methyl sites for hydroxylation is 2. The predicted octanol–water partition coefficient (Wildman–Crippen LogP) is 4.14. The van der Waals surface area contributed by atoms with Crippen LogP contribution in [0.3, 0.4) is 0 Å². The molecule has 0 atom stereocenters. The van der Waals surface area contributed by atoms with Gasteiger partial charge in [-0.3, -0.25) is 9.78 Å². The molecule has 1 amide bonds. The number of aromatic nitrogens is 1. The Labute approximate surface area is 152 Å². The summed E-state index contributed by atoms with van der Waals surface area (Å²) < 4.78 is 19.0. The van der Waals surface area contributed by atoms with Crippen molar-refractivity contribution in [3.05, 3.63) is 71.2 Å². The third-order valence-electron chi connectivity index (χ3n) is 4.26. The van der Waals surface area contributed by atoms with Gasteiger partial charge in [0.15, 0.2) is 0 Å². The zero-order valence-electron chi connectivity index (χ0n) is 15.1. The van der Waals surface area contributed by atoms with E-state index < -0.39 is 0 Å². The summed E-state index contributed by atoms with van der Waals surface area (Å²) in [6.07, 6.45) is 0. The number of pyridine rings is 1. The maximum Gasteiger partial charge on any atom is 0.255 e. The zero-order chi connectivity index (χ0) is 18.7. The van der Waals surface area contributed by atoms with Crippen LogP contribution >= 0.6 is 0 Å². The maximum absolute atomic E-state index is 13.3. The second kappa shape index (κ2) is 7.52. The standard InChI is InChI=1S/C21H21FN2O2/c1-14-4-8-18(9-5-14)26-11-10-24(3)21(25)19-12-16-6-7-17(22)13-20(16)23-15(19)2/h4-9,12-13H,10-11H2,1-3H3. The van der Waals surface area contributed by atoms with E-state index in [0.29, 0.717) is 29.9 Å². The van der Waals surface area contributed by atoms with Crippen LogP contribution in [0.15, 0.2) is 48.5 Å². The average molecular weight is 352 g/mol. The summed E-state index contributed by atoms with van der Waals surface area (Å²) >= 11 is 0. The lowest BCUT2D eigenvalue weighted by molar-refractivity contribution is 0.0773. The number of carbonyl (C=O) groups is 1. The van der Waals surface area contributed by atoms with E-state index in [1.807, 2.05) is 31.2 Å². The summed E-state index contributed by atoms with van der Waals surface area (Å²) in [5.41, 5.74) is 2.81. The second-order valence-corrected chi connectivity index (χ2v) is 6.35. The molecule has 4 nitrogen and oxygen atoms in total. The topological polar surface area (TPSA) is 42.4 Å². The van der Waals surface area contributed by atoms with Crippen LogP contribution in [0.5, 0.6) is 5.75 Å². The minimum absolute atomic E-state index is 0.131. The largest absolute Gasteiger partial charge is 0.492 e. The predicted molar refractivity (Wildman–Crippen MR) is 100 cm³/mol. The van der Waals surface area contributed by atoms with Crippen LogP contribution in [-0.4, -0.2) is 36.0 Å². The Hall–Kier alpha value is -2.95. The molecular formula is C21H21FN2O2. The molecular weight excluding hydrogens is 331 g/mol. The normalized spacial score (nSPS) is 10.8. The summed E-state index contributed by atoms with van der Waals surface area (Å²) in [5, 5.41) is 0.740. The van der Waals surface area contributed by atoms with Crippen LogP contribution in [0.1, 0.15) is 21.6 Å². The van der Waals surface area contributed by atoms with Crippen molar-refractivity contribution in [3.8, 4) is 5.75 Å². The van der Waals surface area contributed by atoms with Crippen molar-refractivity contribution < 1.29 is 13.9 Å². The molecule has 0 N–H and O–H groups in total. The Kier molecular flexibility index (Phi) is 5.16. The first kappa shape index (κ1) is 17.9. The van der Waals surface area contributed by atoms with Gasteiger partial charge >= 0.3 is 0 Å². The van der Waals surface area contributed by atoms with Crippen molar-refractivity contribution >= 4 is 16.8 Å². The van der Waals surface area contributed by atoms with E-state index in [4.69, 9.17) is 4.74 Å². The van der Waals surface area contributed by atoms with Gasteiger partial charge < -0.3 is 9.64 Å². The Bertz CT molecular complexity index is 939. The van der Waals surface area contributed by atoms with E-state index in [1.54, 1.807) is 31.0 Å². The fourth-order valence-electron chi connectivity index (χ4n) is 2.70. The summed E-state index contributed by atoms with van der Waals surface area (Å²) in [7, 11) is 1.73. The van der Waals surface area contributed by atoms with E-state index in [0.717, 1.165) is 11.1 Å². The number of carbonyl (C=O) groups excluding carboxylic acids is 1. The fourth-order valence-corrected chi connectivity index (χ4v) is 2.70. The first-order valence-electron chi connectivity index (χ1n) is 8.46. The van der Waals surface area contributed by atoms with Crippen molar-refractivity contribution in [3.63, 3.8) is 0 Å². The van der Waals surface area contributed by atoms with Gasteiger partial charge in [0, 0.05) is 18.5 Å². The highest BCUT2D eigenvalue weighted by Gasteiger charge is 2.16. The quantitative estimate of drug-likeness (QED) is 0.693. The average Bonchev–Trinajstić information content (AvgIpc) is 2.62.